The molecule has 35 heavy (non-hydrogen) atoms. The van der Waals surface area contributed by atoms with Gasteiger partial charge in [-0.3, -0.25) is 10.2 Å². The minimum Gasteiger partial charge on any atom is -0.492 e. The molecule has 0 saturated heterocycles. The van der Waals surface area contributed by atoms with Crippen molar-refractivity contribution in [1.29, 1.82) is 5.41 Å². The van der Waals surface area contributed by atoms with Crippen molar-refractivity contribution in [2.24, 2.45) is 0 Å². The van der Waals surface area contributed by atoms with E-state index in [1.807, 2.05) is 26.8 Å². The summed E-state index contributed by atoms with van der Waals surface area (Å²) in [6, 6.07) is 5.28. The second-order valence-corrected chi connectivity index (χ2v) is 8.49. The van der Waals surface area contributed by atoms with Crippen molar-refractivity contribution in [3.63, 3.8) is 0 Å². The molecule has 0 atom stereocenters. The van der Waals surface area contributed by atoms with Gasteiger partial charge in [0.2, 0.25) is 5.88 Å². The molecule has 1 amide bonds. The van der Waals surface area contributed by atoms with Gasteiger partial charge in [-0.05, 0) is 56.1 Å². The molecule has 11 nitrogen and oxygen atoms in total. The summed E-state index contributed by atoms with van der Waals surface area (Å²) in [7, 11) is 0. The summed E-state index contributed by atoms with van der Waals surface area (Å²) in [5, 5.41) is 28.1. The van der Waals surface area contributed by atoms with Gasteiger partial charge in [-0.15, -0.1) is 0 Å². The maximum absolute atomic E-state index is 12.9. The van der Waals surface area contributed by atoms with Gasteiger partial charge in [-0.2, -0.15) is 4.37 Å². The molecule has 3 aromatic heterocycles. The number of carbonyl (C=O) groups excluding carboxylic acids is 1. The third kappa shape index (κ3) is 5.44. The summed E-state index contributed by atoms with van der Waals surface area (Å²) < 4.78 is 9.16. The summed E-state index contributed by atoms with van der Waals surface area (Å²) in [5.74, 6) is 0.0766. The first-order valence-electron chi connectivity index (χ1n) is 10.7. The number of hydrogen-bond acceptors (Lipinski definition) is 10. The van der Waals surface area contributed by atoms with E-state index in [1.54, 1.807) is 18.3 Å². The summed E-state index contributed by atoms with van der Waals surface area (Å²) in [4.78, 5) is 25.2. The number of aromatic nitrogens is 4. The number of aryl methyl sites for hydroxylation is 3. The van der Waals surface area contributed by atoms with E-state index in [-0.39, 0.29) is 23.2 Å². The number of benzene rings is 1. The first kappa shape index (κ1) is 23.8. The number of anilines is 3. The van der Waals surface area contributed by atoms with E-state index in [9.17, 15) is 9.90 Å². The molecule has 180 valence electrons. The van der Waals surface area contributed by atoms with Crippen LogP contribution < -0.4 is 16.0 Å². The van der Waals surface area contributed by atoms with Gasteiger partial charge in [0.05, 0.1) is 23.3 Å². The second kappa shape index (κ2) is 10.3. The molecule has 0 aliphatic carbocycles. The van der Waals surface area contributed by atoms with Crippen LogP contribution in [0.1, 0.15) is 38.8 Å². The number of hydrogen-bond donors (Lipinski definition) is 5. The number of aromatic hydroxyl groups is 1. The molecule has 4 rings (SSSR count). The standard InChI is InChI=1S/C23H24N8O3S/c1-12-10-15(4-5-16(12)21(32)30-19-13(2)27-11-28-14(19)3)29-23-18(22(33)31-35-23)20(24)26-7-6-17-25-8-9-34-17/h4-5,8-11,29H,6-7H2,1-3H3,(H2,24,26)(H,30,32)(H,31,33). The van der Waals surface area contributed by atoms with Gasteiger partial charge in [0, 0.05) is 24.2 Å². The lowest BCUT2D eigenvalue weighted by Gasteiger charge is -2.13. The number of amidine groups is 1. The van der Waals surface area contributed by atoms with Gasteiger partial charge < -0.3 is 25.5 Å². The molecule has 0 aliphatic rings. The number of nitrogens with zero attached hydrogens (tertiary/aromatic N) is 4. The largest absolute Gasteiger partial charge is 0.492 e. The van der Waals surface area contributed by atoms with Crippen molar-refractivity contribution in [2.75, 3.05) is 17.2 Å². The van der Waals surface area contributed by atoms with Crippen LogP contribution in [0.5, 0.6) is 5.88 Å². The Morgan fingerprint density at radius 3 is 2.63 bits per heavy atom. The Balaban J connectivity index is 1.45. The predicted molar refractivity (Wildman–Crippen MR) is 133 cm³/mol. The van der Waals surface area contributed by atoms with E-state index in [2.05, 4.69) is 35.3 Å². The smallest absolute Gasteiger partial charge is 0.256 e. The highest BCUT2D eigenvalue weighted by atomic mass is 32.1. The SMILES string of the molecule is Cc1cc(Nc2snc(O)c2C(=N)NCCc2ncco2)ccc1C(=O)Nc1c(C)ncnc1C. The van der Waals surface area contributed by atoms with Crippen LogP contribution in [-0.4, -0.2) is 42.7 Å². The van der Waals surface area contributed by atoms with E-state index >= 15 is 0 Å². The normalized spacial score (nSPS) is 10.7. The number of carbonyl (C=O) groups is 1. The Kier molecular flexibility index (Phi) is 7.01. The van der Waals surface area contributed by atoms with E-state index in [1.165, 1.54) is 12.6 Å². The zero-order valence-corrected chi connectivity index (χ0v) is 20.2. The van der Waals surface area contributed by atoms with Crippen LogP contribution in [0.2, 0.25) is 0 Å². The van der Waals surface area contributed by atoms with Crippen molar-refractivity contribution in [2.45, 2.75) is 27.2 Å². The fourth-order valence-electron chi connectivity index (χ4n) is 3.43. The van der Waals surface area contributed by atoms with Gasteiger partial charge in [-0.1, -0.05) is 0 Å². The van der Waals surface area contributed by atoms with Crippen molar-refractivity contribution < 1.29 is 14.3 Å². The first-order valence-corrected chi connectivity index (χ1v) is 11.5. The molecule has 3 heterocycles. The highest BCUT2D eigenvalue weighted by Gasteiger charge is 2.19. The van der Waals surface area contributed by atoms with Crippen molar-refractivity contribution >= 4 is 39.7 Å². The van der Waals surface area contributed by atoms with Crippen molar-refractivity contribution in [3.8, 4) is 5.88 Å². The van der Waals surface area contributed by atoms with Crippen LogP contribution in [0.25, 0.3) is 0 Å². The summed E-state index contributed by atoms with van der Waals surface area (Å²) in [6.45, 7) is 5.86. The van der Waals surface area contributed by atoms with E-state index in [0.717, 1.165) is 17.1 Å². The van der Waals surface area contributed by atoms with Crippen molar-refractivity contribution in [1.82, 2.24) is 24.6 Å². The number of nitrogens with one attached hydrogen (secondary N) is 4. The lowest BCUT2D eigenvalue weighted by Crippen LogP contribution is -2.26. The van der Waals surface area contributed by atoms with Crippen LogP contribution in [0.3, 0.4) is 0 Å². The monoisotopic (exact) mass is 492 g/mol. The fraction of sp³-hybridized carbons (Fsp3) is 0.217. The zero-order valence-electron chi connectivity index (χ0n) is 19.3. The number of amides is 1. The third-order valence-electron chi connectivity index (χ3n) is 5.24. The van der Waals surface area contributed by atoms with E-state index in [0.29, 0.717) is 52.2 Å². The second-order valence-electron chi connectivity index (χ2n) is 7.72. The number of rotatable bonds is 8. The Hall–Kier alpha value is -4.32. The highest BCUT2D eigenvalue weighted by Crippen LogP contribution is 2.32. The minimum atomic E-state index is -0.261. The molecule has 0 saturated carbocycles. The van der Waals surface area contributed by atoms with Crippen LogP contribution in [0.4, 0.5) is 16.4 Å². The molecular formula is C23H24N8O3S. The zero-order chi connectivity index (χ0) is 24.9. The fourth-order valence-corrected chi connectivity index (χ4v) is 4.15. The molecule has 0 radical (unpaired) electrons. The predicted octanol–water partition coefficient (Wildman–Crippen LogP) is 3.71. The van der Waals surface area contributed by atoms with Crippen LogP contribution in [0.15, 0.2) is 41.4 Å². The van der Waals surface area contributed by atoms with Gasteiger partial charge in [0.15, 0.2) is 5.89 Å². The Bertz CT molecular complexity index is 1350. The first-order chi connectivity index (χ1) is 16.8. The maximum Gasteiger partial charge on any atom is 0.256 e. The molecule has 1 aromatic carbocycles. The quantitative estimate of drug-likeness (QED) is 0.182. The van der Waals surface area contributed by atoms with Crippen LogP contribution in [0, 0.1) is 26.2 Å². The third-order valence-corrected chi connectivity index (χ3v) is 5.99. The molecule has 12 heteroatoms. The van der Waals surface area contributed by atoms with E-state index in [4.69, 9.17) is 9.83 Å². The molecule has 0 aliphatic heterocycles. The van der Waals surface area contributed by atoms with Crippen LogP contribution in [-0.2, 0) is 6.42 Å². The van der Waals surface area contributed by atoms with Gasteiger partial charge in [-0.25, -0.2) is 15.0 Å². The van der Waals surface area contributed by atoms with Crippen LogP contribution >= 0.6 is 11.5 Å². The molecule has 0 spiro atoms. The highest BCUT2D eigenvalue weighted by molar-refractivity contribution is 7.11. The lowest BCUT2D eigenvalue weighted by atomic mass is 10.1. The Morgan fingerprint density at radius 1 is 1.17 bits per heavy atom. The minimum absolute atomic E-state index is 0.0221. The molecule has 0 bridgehead atoms. The topological polar surface area (TPSA) is 162 Å². The van der Waals surface area contributed by atoms with Gasteiger partial charge in [0.1, 0.15) is 29.0 Å². The molecule has 4 aromatic rings. The van der Waals surface area contributed by atoms with Gasteiger partial charge in [0.25, 0.3) is 5.91 Å². The Morgan fingerprint density at radius 2 is 1.94 bits per heavy atom. The molecule has 5 N–H and O–H groups in total. The number of oxazole rings is 1. The lowest BCUT2D eigenvalue weighted by molar-refractivity contribution is 0.102. The van der Waals surface area contributed by atoms with Crippen molar-refractivity contribution in [3.05, 3.63) is 71.0 Å². The summed E-state index contributed by atoms with van der Waals surface area (Å²) >= 11 is 1.04. The summed E-state index contributed by atoms with van der Waals surface area (Å²) in [6.07, 6.45) is 5.01. The molecular weight excluding hydrogens is 468 g/mol. The average Bonchev–Trinajstić information content (AvgIpc) is 3.46. The average molecular weight is 493 g/mol. The maximum atomic E-state index is 12.9. The van der Waals surface area contributed by atoms with Gasteiger partial charge >= 0.3 is 0 Å². The van der Waals surface area contributed by atoms with E-state index < -0.39 is 0 Å². The molecule has 0 fully saturated rings. The summed E-state index contributed by atoms with van der Waals surface area (Å²) in [5.41, 5.74) is 4.17. The molecule has 0 unspecified atom stereocenters. The Labute approximate surface area is 205 Å².